The molecule has 0 atom stereocenters. The molecule has 5 heteroatoms. The van der Waals surface area contributed by atoms with Gasteiger partial charge in [0.2, 0.25) is 0 Å². The van der Waals surface area contributed by atoms with E-state index in [2.05, 4.69) is 10.1 Å². The molecule has 0 saturated heterocycles. The molecule has 0 spiro atoms. The van der Waals surface area contributed by atoms with Gasteiger partial charge in [0, 0.05) is 18.5 Å². The summed E-state index contributed by atoms with van der Waals surface area (Å²) in [6, 6.07) is 3.61. The quantitative estimate of drug-likeness (QED) is 0.623. The third-order valence-corrected chi connectivity index (χ3v) is 1.55. The van der Waals surface area contributed by atoms with Gasteiger partial charge in [-0.25, -0.2) is 9.50 Å². The first-order chi connectivity index (χ1) is 5.90. The molecule has 2 rings (SSSR count). The summed E-state index contributed by atoms with van der Waals surface area (Å²) in [5.74, 6) is 0. The topological polar surface area (TPSA) is 62.5 Å². The van der Waals surface area contributed by atoms with Crippen molar-refractivity contribution in [3.05, 3.63) is 30.2 Å². The number of aromatic nitrogens is 3. The van der Waals surface area contributed by atoms with E-state index >= 15 is 0 Å². The van der Waals surface area contributed by atoms with Gasteiger partial charge in [-0.2, -0.15) is 10.6 Å². The Bertz CT molecular complexity index is 351. The van der Waals surface area contributed by atoms with Crippen LogP contribution in [-0.4, -0.2) is 19.8 Å². The maximum absolute atomic E-state index is 8.43. The Kier molecular flexibility index (Phi) is 1.73. The fourth-order valence-corrected chi connectivity index (χ4v) is 1.05. The van der Waals surface area contributed by atoms with Crippen molar-refractivity contribution >= 4 is 5.65 Å². The highest BCUT2D eigenvalue weighted by Crippen LogP contribution is 2.01. The van der Waals surface area contributed by atoms with Crippen molar-refractivity contribution in [1.82, 2.24) is 20.1 Å². The summed E-state index contributed by atoms with van der Waals surface area (Å²) >= 11 is 0. The Balaban J connectivity index is 2.47. The summed E-state index contributed by atoms with van der Waals surface area (Å²) in [6.45, 7) is 0.337. The van der Waals surface area contributed by atoms with E-state index in [1.54, 1.807) is 16.8 Å². The zero-order valence-corrected chi connectivity index (χ0v) is 6.31. The first-order valence-corrected chi connectivity index (χ1v) is 3.56. The van der Waals surface area contributed by atoms with Gasteiger partial charge in [0.05, 0.1) is 12.2 Å². The van der Waals surface area contributed by atoms with Crippen LogP contribution >= 0.6 is 0 Å². The molecule has 2 aromatic heterocycles. The maximum atomic E-state index is 8.43. The van der Waals surface area contributed by atoms with Gasteiger partial charge < -0.3 is 5.21 Å². The zero-order valence-electron chi connectivity index (χ0n) is 6.31. The second-order valence-electron chi connectivity index (χ2n) is 2.39. The van der Waals surface area contributed by atoms with Gasteiger partial charge in [0.15, 0.2) is 5.65 Å². The average molecular weight is 164 g/mol. The van der Waals surface area contributed by atoms with Crippen LogP contribution in [0.2, 0.25) is 0 Å². The van der Waals surface area contributed by atoms with Gasteiger partial charge >= 0.3 is 0 Å². The Morgan fingerprint density at radius 1 is 1.58 bits per heavy atom. The molecule has 0 saturated carbocycles. The molecule has 62 valence electrons. The predicted octanol–water partition coefficient (Wildman–Crippen LogP) is 0.208. The average Bonchev–Trinajstić information content (AvgIpc) is 2.47. The fraction of sp³-hybridized carbons (Fsp3) is 0.143. The first-order valence-electron chi connectivity index (χ1n) is 3.56. The van der Waals surface area contributed by atoms with Gasteiger partial charge in [-0.05, 0) is 6.07 Å². The van der Waals surface area contributed by atoms with Crippen molar-refractivity contribution in [3.8, 4) is 0 Å². The van der Waals surface area contributed by atoms with Crippen LogP contribution in [0, 0.1) is 0 Å². The Labute approximate surface area is 68.6 Å². The summed E-state index contributed by atoms with van der Waals surface area (Å²) in [6.07, 6.45) is 3.51. The minimum atomic E-state index is 0.337. The number of nitrogens with zero attached hydrogens (tertiary/aromatic N) is 3. The van der Waals surface area contributed by atoms with Crippen LogP contribution in [0.1, 0.15) is 5.69 Å². The van der Waals surface area contributed by atoms with Crippen LogP contribution in [0.5, 0.6) is 0 Å². The lowest BCUT2D eigenvalue weighted by molar-refractivity contribution is 0.160. The largest absolute Gasteiger partial charge is 0.316 e. The summed E-state index contributed by atoms with van der Waals surface area (Å²) in [5, 5.41) is 12.6. The third-order valence-electron chi connectivity index (χ3n) is 1.55. The molecule has 0 unspecified atom stereocenters. The molecule has 0 aliphatic heterocycles. The van der Waals surface area contributed by atoms with Crippen LogP contribution in [-0.2, 0) is 6.54 Å². The molecule has 0 amide bonds. The van der Waals surface area contributed by atoms with E-state index < -0.39 is 0 Å². The fourth-order valence-electron chi connectivity index (χ4n) is 1.05. The SMILES string of the molecule is ONCc1cc2ncccn2n1. The first kappa shape index (κ1) is 7.20. The van der Waals surface area contributed by atoms with E-state index in [9.17, 15) is 0 Å². The van der Waals surface area contributed by atoms with Crippen molar-refractivity contribution in [1.29, 1.82) is 0 Å². The third kappa shape index (κ3) is 1.15. The molecule has 0 aliphatic carbocycles. The van der Waals surface area contributed by atoms with Crippen LogP contribution in [0.3, 0.4) is 0 Å². The highest BCUT2D eigenvalue weighted by molar-refractivity contribution is 5.37. The number of hydrogen-bond acceptors (Lipinski definition) is 4. The molecule has 5 nitrogen and oxygen atoms in total. The number of hydrogen-bond donors (Lipinski definition) is 2. The van der Waals surface area contributed by atoms with Crippen LogP contribution < -0.4 is 5.48 Å². The van der Waals surface area contributed by atoms with Crippen LogP contribution in [0.4, 0.5) is 0 Å². The number of fused-ring (bicyclic) bond motifs is 1. The molecule has 2 heterocycles. The van der Waals surface area contributed by atoms with E-state index in [0.29, 0.717) is 6.54 Å². The van der Waals surface area contributed by atoms with E-state index in [1.807, 2.05) is 17.7 Å². The molecule has 0 aromatic carbocycles. The van der Waals surface area contributed by atoms with E-state index in [1.165, 1.54) is 0 Å². The summed E-state index contributed by atoms with van der Waals surface area (Å²) < 4.78 is 1.66. The van der Waals surface area contributed by atoms with Crippen molar-refractivity contribution in [2.75, 3.05) is 0 Å². The van der Waals surface area contributed by atoms with Gasteiger partial charge in [-0.1, -0.05) is 0 Å². The van der Waals surface area contributed by atoms with Gasteiger partial charge in [-0.3, -0.25) is 0 Å². The normalized spacial score (nSPS) is 10.8. The van der Waals surface area contributed by atoms with Crippen LogP contribution in [0.15, 0.2) is 24.5 Å². The molecular weight excluding hydrogens is 156 g/mol. The highest BCUT2D eigenvalue weighted by Gasteiger charge is 1.99. The van der Waals surface area contributed by atoms with Gasteiger partial charge in [-0.15, -0.1) is 0 Å². The molecule has 0 aliphatic rings. The van der Waals surface area contributed by atoms with Gasteiger partial charge in [0.25, 0.3) is 0 Å². The Hall–Kier alpha value is -1.46. The monoisotopic (exact) mass is 164 g/mol. The second kappa shape index (κ2) is 2.88. The number of hydroxylamine groups is 1. The van der Waals surface area contributed by atoms with E-state index in [4.69, 9.17) is 5.21 Å². The van der Waals surface area contributed by atoms with Crippen molar-refractivity contribution in [3.63, 3.8) is 0 Å². The summed E-state index contributed by atoms with van der Waals surface area (Å²) in [4.78, 5) is 4.08. The van der Waals surface area contributed by atoms with Crippen LogP contribution in [0.25, 0.3) is 5.65 Å². The maximum Gasteiger partial charge on any atom is 0.155 e. The van der Waals surface area contributed by atoms with Crippen molar-refractivity contribution < 1.29 is 5.21 Å². The predicted molar refractivity (Wildman–Crippen MR) is 41.6 cm³/mol. The molecule has 2 N–H and O–H groups in total. The smallest absolute Gasteiger partial charge is 0.155 e. The van der Waals surface area contributed by atoms with Gasteiger partial charge in [0.1, 0.15) is 0 Å². The lowest BCUT2D eigenvalue weighted by Gasteiger charge is -1.88. The lowest BCUT2D eigenvalue weighted by Crippen LogP contribution is -2.06. The highest BCUT2D eigenvalue weighted by atomic mass is 16.5. The molecular formula is C7H8N4O. The molecule has 0 radical (unpaired) electrons. The Morgan fingerprint density at radius 2 is 2.50 bits per heavy atom. The summed E-state index contributed by atoms with van der Waals surface area (Å²) in [7, 11) is 0. The zero-order chi connectivity index (χ0) is 8.39. The molecule has 0 fully saturated rings. The second-order valence-corrected chi connectivity index (χ2v) is 2.39. The van der Waals surface area contributed by atoms with E-state index in [-0.39, 0.29) is 0 Å². The standard InChI is InChI=1S/C7H8N4O/c12-9-5-6-4-7-8-2-1-3-11(7)10-6/h1-4,9,12H,5H2. The minimum absolute atomic E-state index is 0.337. The lowest BCUT2D eigenvalue weighted by atomic mass is 10.4. The van der Waals surface area contributed by atoms with Crippen molar-refractivity contribution in [2.45, 2.75) is 6.54 Å². The van der Waals surface area contributed by atoms with Crippen molar-refractivity contribution in [2.24, 2.45) is 0 Å². The number of nitrogens with one attached hydrogen (secondary N) is 1. The molecule has 12 heavy (non-hydrogen) atoms. The molecule has 0 bridgehead atoms. The Morgan fingerprint density at radius 3 is 3.25 bits per heavy atom. The molecule has 2 aromatic rings. The minimum Gasteiger partial charge on any atom is -0.316 e. The summed E-state index contributed by atoms with van der Waals surface area (Å²) in [5.41, 5.74) is 3.58. The van der Waals surface area contributed by atoms with E-state index in [0.717, 1.165) is 11.3 Å². The number of rotatable bonds is 2.